The average Bonchev–Trinajstić information content (AvgIpc) is 2.54. The Bertz CT molecular complexity index is 591. The lowest BCUT2D eigenvalue weighted by atomic mass is 10.1. The number of rotatable bonds is 10. The molecule has 0 fully saturated rings. The monoisotopic (exact) mass is 415 g/mol. The van der Waals surface area contributed by atoms with E-state index in [9.17, 15) is 14.4 Å². The highest BCUT2D eigenvalue weighted by Crippen LogP contribution is 2.13. The van der Waals surface area contributed by atoms with Gasteiger partial charge in [0.2, 0.25) is 0 Å². The summed E-state index contributed by atoms with van der Waals surface area (Å²) in [7, 11) is 0. The zero-order valence-corrected chi connectivity index (χ0v) is 18.1. The van der Waals surface area contributed by atoms with Crippen LogP contribution in [0.4, 0.5) is 9.59 Å². The number of alkyl carbamates (subject to hydrolysis) is 2. The molecule has 0 heterocycles. The maximum absolute atomic E-state index is 12.4. The lowest BCUT2D eigenvalue weighted by Gasteiger charge is -2.26. The van der Waals surface area contributed by atoms with Gasteiger partial charge in [0, 0.05) is 11.5 Å². The summed E-state index contributed by atoms with van der Waals surface area (Å²) in [6.45, 7) is 10.8. The summed E-state index contributed by atoms with van der Waals surface area (Å²) in [5, 5.41) is 8.34. The second-order valence-electron chi connectivity index (χ2n) is 8.25. The maximum atomic E-state index is 12.4. The Morgan fingerprint density at radius 1 is 1.00 bits per heavy atom. The van der Waals surface area contributed by atoms with Crippen molar-refractivity contribution in [2.75, 3.05) is 19.7 Å². The maximum Gasteiger partial charge on any atom is 0.408 e. The minimum absolute atomic E-state index is 0.00355. The molecular formula is C18H33N5O6. The van der Waals surface area contributed by atoms with Gasteiger partial charge in [0.05, 0.1) is 13.2 Å². The van der Waals surface area contributed by atoms with Crippen LogP contribution in [-0.4, -0.2) is 55.1 Å². The summed E-state index contributed by atoms with van der Waals surface area (Å²) in [5.74, 6) is -0.547. The fraction of sp³-hybridized carbons (Fsp3) is 0.833. The van der Waals surface area contributed by atoms with E-state index in [2.05, 4.69) is 20.7 Å². The predicted molar refractivity (Wildman–Crippen MR) is 106 cm³/mol. The van der Waals surface area contributed by atoms with E-state index in [0.29, 0.717) is 25.8 Å². The molecule has 0 aliphatic rings. The Kier molecular flexibility index (Phi) is 11.5. The highest BCUT2D eigenvalue weighted by atomic mass is 16.6. The molecule has 0 bridgehead atoms. The van der Waals surface area contributed by atoms with Crippen molar-refractivity contribution in [1.29, 1.82) is 0 Å². The highest BCUT2D eigenvalue weighted by Gasteiger charge is 2.28. The van der Waals surface area contributed by atoms with Gasteiger partial charge in [0.1, 0.15) is 17.2 Å². The van der Waals surface area contributed by atoms with E-state index in [1.807, 2.05) is 0 Å². The van der Waals surface area contributed by atoms with E-state index in [-0.39, 0.29) is 13.2 Å². The molecule has 29 heavy (non-hydrogen) atoms. The first-order chi connectivity index (χ1) is 13.3. The minimum Gasteiger partial charge on any atom is -0.458 e. The third-order valence-corrected chi connectivity index (χ3v) is 3.06. The molecule has 0 spiro atoms. The van der Waals surface area contributed by atoms with Crippen LogP contribution >= 0.6 is 0 Å². The number of ether oxygens (including phenoxy) is 3. The smallest absolute Gasteiger partial charge is 0.408 e. The van der Waals surface area contributed by atoms with Crippen LogP contribution in [0.2, 0.25) is 0 Å². The first-order valence-electron chi connectivity index (χ1n) is 9.48. The number of amides is 2. The van der Waals surface area contributed by atoms with Gasteiger partial charge in [-0.1, -0.05) is 5.11 Å². The van der Waals surface area contributed by atoms with E-state index in [1.165, 1.54) is 0 Å². The third-order valence-electron chi connectivity index (χ3n) is 3.06. The van der Waals surface area contributed by atoms with Gasteiger partial charge in [-0.15, -0.1) is 0 Å². The number of hydrogen-bond acceptors (Lipinski definition) is 7. The molecule has 166 valence electrons. The molecule has 11 heteroatoms. The number of carbonyl (C=O) groups is 3. The van der Waals surface area contributed by atoms with Crippen LogP contribution in [-0.2, 0) is 19.0 Å². The Morgan fingerprint density at radius 3 is 2.17 bits per heavy atom. The van der Waals surface area contributed by atoms with E-state index in [4.69, 9.17) is 19.7 Å². The number of azide groups is 1. The molecule has 1 atom stereocenters. The van der Waals surface area contributed by atoms with Crippen LogP contribution in [0.25, 0.3) is 10.4 Å². The Balaban J connectivity index is 4.46. The number of nitrogens with one attached hydrogen (secondary N) is 2. The lowest BCUT2D eigenvalue weighted by molar-refractivity contribution is -0.157. The molecule has 0 aromatic rings. The highest BCUT2D eigenvalue weighted by molar-refractivity contribution is 5.81. The minimum atomic E-state index is -0.861. The van der Waals surface area contributed by atoms with Crippen molar-refractivity contribution in [3.63, 3.8) is 0 Å². The van der Waals surface area contributed by atoms with Crippen molar-refractivity contribution in [2.24, 2.45) is 5.11 Å². The number of carbonyl (C=O) groups excluding carboxylic acids is 3. The van der Waals surface area contributed by atoms with Gasteiger partial charge in [-0.05, 0) is 66.3 Å². The zero-order valence-electron chi connectivity index (χ0n) is 18.1. The second kappa shape index (κ2) is 12.7. The molecule has 0 saturated heterocycles. The van der Waals surface area contributed by atoms with E-state index in [1.54, 1.807) is 41.5 Å². The van der Waals surface area contributed by atoms with Crippen molar-refractivity contribution in [3.05, 3.63) is 10.4 Å². The molecule has 2 N–H and O–H groups in total. The molecule has 0 unspecified atom stereocenters. The fourth-order valence-electron chi connectivity index (χ4n) is 2.01. The number of unbranched alkanes of at least 4 members (excludes halogenated alkanes) is 1. The van der Waals surface area contributed by atoms with Crippen LogP contribution in [0, 0.1) is 0 Å². The molecule has 0 aliphatic carbocycles. The van der Waals surface area contributed by atoms with Crippen molar-refractivity contribution >= 4 is 18.2 Å². The van der Waals surface area contributed by atoms with E-state index < -0.39 is 35.4 Å². The topological polar surface area (TPSA) is 152 Å². The summed E-state index contributed by atoms with van der Waals surface area (Å²) in [6, 6.07) is -0.861. The normalized spacial score (nSPS) is 12.2. The van der Waals surface area contributed by atoms with Crippen molar-refractivity contribution in [2.45, 2.75) is 78.0 Å². The predicted octanol–water partition coefficient (Wildman–Crippen LogP) is 3.43. The average molecular weight is 415 g/mol. The standard InChI is InChI=1S/C18H33N5O6/c1-17(2,3)28-14(24)13(22-16(26)29-18(4,5)6)9-7-8-10-20-15(25)27-12-11-21-23-19/h13H,7-12H2,1-6H3,(H,20,25)(H,22,26)/t13-/m1/s1. The molecule has 2 amide bonds. The Labute approximate surface area is 171 Å². The Hall–Kier alpha value is -2.68. The van der Waals surface area contributed by atoms with Gasteiger partial charge < -0.3 is 24.8 Å². The SMILES string of the molecule is CC(C)(C)OC(=O)N[C@H](CCCCNC(=O)OCCN=[N+]=[N-])C(=O)OC(C)(C)C. The summed E-state index contributed by atoms with van der Waals surface area (Å²) in [6.07, 6.45) is 0.102. The molecule has 0 aromatic carbocycles. The summed E-state index contributed by atoms with van der Waals surface area (Å²) in [5.41, 5.74) is 6.75. The molecule has 11 nitrogen and oxygen atoms in total. The van der Waals surface area contributed by atoms with Crippen LogP contribution < -0.4 is 10.6 Å². The van der Waals surface area contributed by atoms with E-state index in [0.717, 1.165) is 0 Å². The van der Waals surface area contributed by atoms with E-state index >= 15 is 0 Å². The molecule has 0 saturated carbocycles. The molecule has 0 radical (unpaired) electrons. The number of hydrogen-bond donors (Lipinski definition) is 2. The van der Waals surface area contributed by atoms with Crippen molar-refractivity contribution < 1.29 is 28.6 Å². The van der Waals surface area contributed by atoms with Crippen LogP contribution in [0.5, 0.6) is 0 Å². The Morgan fingerprint density at radius 2 is 1.62 bits per heavy atom. The van der Waals surface area contributed by atoms with Gasteiger partial charge in [-0.25, -0.2) is 14.4 Å². The van der Waals surface area contributed by atoms with Gasteiger partial charge in [0.15, 0.2) is 0 Å². The largest absolute Gasteiger partial charge is 0.458 e. The molecule has 0 rings (SSSR count). The summed E-state index contributed by atoms with van der Waals surface area (Å²) < 4.78 is 15.4. The second-order valence-corrected chi connectivity index (χ2v) is 8.25. The fourth-order valence-corrected chi connectivity index (χ4v) is 2.01. The number of esters is 1. The molecular weight excluding hydrogens is 382 g/mol. The van der Waals surface area contributed by atoms with Crippen molar-refractivity contribution in [1.82, 2.24) is 10.6 Å². The summed E-state index contributed by atoms with van der Waals surface area (Å²) >= 11 is 0. The van der Waals surface area contributed by atoms with Gasteiger partial charge in [-0.2, -0.15) is 0 Å². The van der Waals surface area contributed by atoms with Crippen LogP contribution in [0.1, 0.15) is 60.8 Å². The van der Waals surface area contributed by atoms with Crippen LogP contribution in [0.15, 0.2) is 5.11 Å². The lowest BCUT2D eigenvalue weighted by Crippen LogP contribution is -2.46. The van der Waals surface area contributed by atoms with Gasteiger partial charge in [-0.3, -0.25) is 0 Å². The zero-order chi connectivity index (χ0) is 22.5. The van der Waals surface area contributed by atoms with Crippen molar-refractivity contribution in [3.8, 4) is 0 Å². The van der Waals surface area contributed by atoms with Crippen LogP contribution in [0.3, 0.4) is 0 Å². The quantitative estimate of drug-likeness (QED) is 0.139. The summed E-state index contributed by atoms with van der Waals surface area (Å²) in [4.78, 5) is 38.4. The number of nitrogens with zero attached hydrogens (tertiary/aromatic N) is 3. The first-order valence-corrected chi connectivity index (χ1v) is 9.48. The van der Waals surface area contributed by atoms with Gasteiger partial charge in [0.25, 0.3) is 0 Å². The molecule has 0 aliphatic heterocycles. The third kappa shape index (κ3) is 16.0. The molecule has 0 aromatic heterocycles. The van der Waals surface area contributed by atoms with Gasteiger partial charge >= 0.3 is 18.2 Å². The first kappa shape index (κ1) is 26.3.